The highest BCUT2D eigenvalue weighted by molar-refractivity contribution is 5.77. The molecule has 1 aliphatic carbocycles. The summed E-state index contributed by atoms with van der Waals surface area (Å²) < 4.78 is 10.2. The van der Waals surface area contributed by atoms with Gasteiger partial charge in [0.05, 0.1) is 13.2 Å². The van der Waals surface area contributed by atoms with E-state index in [4.69, 9.17) is 9.47 Å². The molecular weight excluding hydrogens is 254 g/mol. The Morgan fingerprint density at radius 2 is 2.25 bits per heavy atom. The van der Waals surface area contributed by atoms with Gasteiger partial charge in [-0.25, -0.2) is 4.79 Å². The van der Waals surface area contributed by atoms with Gasteiger partial charge in [-0.2, -0.15) is 0 Å². The Hall–Kier alpha value is -1.39. The van der Waals surface area contributed by atoms with E-state index < -0.39 is 6.04 Å². The van der Waals surface area contributed by atoms with Crippen LogP contribution in [0.4, 0.5) is 0 Å². The summed E-state index contributed by atoms with van der Waals surface area (Å²) in [7, 11) is 1.65. The minimum Gasteiger partial charge on any atom is -0.465 e. The molecule has 0 heterocycles. The van der Waals surface area contributed by atoms with Crippen LogP contribution in [0, 0.1) is 0 Å². The first-order valence-electron chi connectivity index (χ1n) is 7.25. The highest BCUT2D eigenvalue weighted by atomic mass is 16.5. The van der Waals surface area contributed by atoms with E-state index in [1.54, 1.807) is 7.11 Å². The third-order valence-electron chi connectivity index (χ3n) is 3.47. The molecule has 20 heavy (non-hydrogen) atoms. The predicted octanol–water partition coefficient (Wildman–Crippen LogP) is 2.40. The lowest BCUT2D eigenvalue weighted by Crippen LogP contribution is -2.32. The largest absolute Gasteiger partial charge is 0.465 e. The minimum atomic E-state index is -0.413. The van der Waals surface area contributed by atoms with E-state index in [2.05, 4.69) is 17.4 Å². The van der Waals surface area contributed by atoms with Gasteiger partial charge in [-0.05, 0) is 36.8 Å². The Morgan fingerprint density at radius 3 is 2.90 bits per heavy atom. The number of benzene rings is 1. The fourth-order valence-electron chi connectivity index (χ4n) is 2.28. The maximum Gasteiger partial charge on any atom is 0.327 e. The fraction of sp³-hybridized carbons (Fsp3) is 0.562. The number of hydrogen-bond acceptors (Lipinski definition) is 4. The summed E-state index contributed by atoms with van der Waals surface area (Å²) in [4.78, 5) is 12.1. The van der Waals surface area contributed by atoms with Crippen LogP contribution in [0.5, 0.6) is 0 Å². The number of esters is 1. The lowest BCUT2D eigenvalue weighted by Gasteiger charge is -2.18. The average Bonchev–Trinajstić information content (AvgIpc) is 3.28. The highest BCUT2D eigenvalue weighted by Crippen LogP contribution is 2.40. The number of nitrogens with one attached hydrogen (secondary N) is 1. The van der Waals surface area contributed by atoms with Crippen LogP contribution in [-0.2, 0) is 14.3 Å². The van der Waals surface area contributed by atoms with Crippen LogP contribution in [0.25, 0.3) is 0 Å². The van der Waals surface area contributed by atoms with Crippen molar-refractivity contribution >= 4 is 5.97 Å². The second-order valence-corrected chi connectivity index (χ2v) is 5.08. The molecule has 1 N–H and O–H groups in total. The molecule has 1 saturated carbocycles. The molecule has 0 spiro atoms. The van der Waals surface area contributed by atoms with Crippen LogP contribution in [0.15, 0.2) is 24.3 Å². The molecule has 0 radical (unpaired) electrons. The normalized spacial score (nSPS) is 15.9. The standard InChI is InChI=1S/C16H23NO3/c1-3-20-16(18)15(17-9-10-19-2)14-6-4-5-13(11-14)12-7-8-12/h4-6,11-12,15,17H,3,7-10H2,1-2H3. The van der Waals surface area contributed by atoms with Crippen LogP contribution in [0.1, 0.15) is 42.9 Å². The summed E-state index contributed by atoms with van der Waals surface area (Å²) in [6.45, 7) is 3.40. The first-order valence-corrected chi connectivity index (χ1v) is 7.25. The van der Waals surface area contributed by atoms with E-state index in [9.17, 15) is 4.79 Å². The summed E-state index contributed by atoms with van der Waals surface area (Å²) >= 11 is 0. The van der Waals surface area contributed by atoms with E-state index >= 15 is 0 Å². The van der Waals surface area contributed by atoms with Crippen molar-refractivity contribution < 1.29 is 14.3 Å². The van der Waals surface area contributed by atoms with E-state index in [0.717, 1.165) is 5.56 Å². The van der Waals surface area contributed by atoms with Crippen LogP contribution in [0.2, 0.25) is 0 Å². The summed E-state index contributed by atoms with van der Waals surface area (Å²) in [6.07, 6.45) is 2.51. The molecule has 1 unspecified atom stereocenters. The molecule has 1 aromatic rings. The van der Waals surface area contributed by atoms with Crippen molar-refractivity contribution in [3.8, 4) is 0 Å². The highest BCUT2D eigenvalue weighted by Gasteiger charge is 2.26. The molecule has 0 aromatic heterocycles. The zero-order valence-corrected chi connectivity index (χ0v) is 12.2. The number of carbonyl (C=O) groups is 1. The lowest BCUT2D eigenvalue weighted by molar-refractivity contribution is -0.145. The summed E-state index contributed by atoms with van der Waals surface area (Å²) in [5, 5.41) is 3.21. The van der Waals surface area contributed by atoms with Gasteiger partial charge < -0.3 is 9.47 Å². The molecule has 1 atom stereocenters. The SMILES string of the molecule is CCOC(=O)C(NCCOC)c1cccc(C2CC2)c1. The topological polar surface area (TPSA) is 47.6 Å². The van der Waals surface area contributed by atoms with Gasteiger partial charge >= 0.3 is 5.97 Å². The Balaban J connectivity index is 2.11. The molecule has 0 amide bonds. The van der Waals surface area contributed by atoms with Gasteiger partial charge in [0, 0.05) is 13.7 Å². The van der Waals surface area contributed by atoms with Gasteiger partial charge in [-0.3, -0.25) is 5.32 Å². The smallest absolute Gasteiger partial charge is 0.327 e. The van der Waals surface area contributed by atoms with Crippen molar-refractivity contribution in [2.45, 2.75) is 31.7 Å². The summed E-state index contributed by atoms with van der Waals surface area (Å²) in [5.74, 6) is 0.452. The van der Waals surface area contributed by atoms with Crippen LogP contribution in [0.3, 0.4) is 0 Å². The molecule has 4 nitrogen and oxygen atoms in total. The van der Waals surface area contributed by atoms with Crippen molar-refractivity contribution in [1.29, 1.82) is 0 Å². The number of carbonyl (C=O) groups excluding carboxylic acids is 1. The zero-order chi connectivity index (χ0) is 14.4. The third-order valence-corrected chi connectivity index (χ3v) is 3.47. The molecule has 0 saturated heterocycles. The van der Waals surface area contributed by atoms with E-state index in [0.29, 0.717) is 25.7 Å². The number of rotatable bonds is 8. The second kappa shape index (κ2) is 7.41. The van der Waals surface area contributed by atoms with Crippen molar-refractivity contribution in [2.75, 3.05) is 26.9 Å². The Kier molecular flexibility index (Phi) is 5.56. The zero-order valence-electron chi connectivity index (χ0n) is 12.2. The first-order chi connectivity index (χ1) is 9.76. The molecule has 2 rings (SSSR count). The van der Waals surface area contributed by atoms with Crippen molar-refractivity contribution in [1.82, 2.24) is 5.32 Å². The van der Waals surface area contributed by atoms with E-state index in [1.165, 1.54) is 18.4 Å². The van der Waals surface area contributed by atoms with Gasteiger partial charge in [-0.1, -0.05) is 24.3 Å². The van der Waals surface area contributed by atoms with Crippen molar-refractivity contribution in [3.05, 3.63) is 35.4 Å². The van der Waals surface area contributed by atoms with Gasteiger partial charge in [0.1, 0.15) is 6.04 Å². The van der Waals surface area contributed by atoms with Crippen LogP contribution in [-0.4, -0.2) is 32.8 Å². The monoisotopic (exact) mass is 277 g/mol. The van der Waals surface area contributed by atoms with Gasteiger partial charge in [-0.15, -0.1) is 0 Å². The minimum absolute atomic E-state index is 0.225. The molecule has 1 aliphatic rings. The first kappa shape index (κ1) is 15.0. The second-order valence-electron chi connectivity index (χ2n) is 5.08. The Bertz CT molecular complexity index is 443. The van der Waals surface area contributed by atoms with Gasteiger partial charge in [0.25, 0.3) is 0 Å². The molecule has 1 fully saturated rings. The Morgan fingerprint density at radius 1 is 1.45 bits per heavy atom. The van der Waals surface area contributed by atoms with E-state index in [-0.39, 0.29) is 5.97 Å². The maximum atomic E-state index is 12.1. The molecule has 1 aromatic carbocycles. The lowest BCUT2D eigenvalue weighted by atomic mass is 10.0. The molecule has 110 valence electrons. The fourth-order valence-corrected chi connectivity index (χ4v) is 2.28. The predicted molar refractivity (Wildman–Crippen MR) is 77.7 cm³/mol. The molecule has 0 bridgehead atoms. The Labute approximate surface area is 120 Å². The van der Waals surface area contributed by atoms with E-state index in [1.807, 2.05) is 19.1 Å². The van der Waals surface area contributed by atoms with Crippen LogP contribution < -0.4 is 5.32 Å². The van der Waals surface area contributed by atoms with Crippen molar-refractivity contribution in [3.63, 3.8) is 0 Å². The molecular formula is C16H23NO3. The summed E-state index contributed by atoms with van der Waals surface area (Å²) in [5.41, 5.74) is 2.30. The number of ether oxygens (including phenoxy) is 2. The summed E-state index contributed by atoms with van der Waals surface area (Å²) in [6, 6.07) is 7.85. The van der Waals surface area contributed by atoms with Crippen LogP contribution >= 0.6 is 0 Å². The average molecular weight is 277 g/mol. The maximum absolute atomic E-state index is 12.1. The van der Waals surface area contributed by atoms with Crippen molar-refractivity contribution in [2.24, 2.45) is 0 Å². The molecule has 4 heteroatoms. The third kappa shape index (κ3) is 4.05. The van der Waals surface area contributed by atoms with Gasteiger partial charge in [0.15, 0.2) is 0 Å². The number of hydrogen-bond donors (Lipinski definition) is 1. The molecule has 0 aliphatic heterocycles. The number of methoxy groups -OCH3 is 1. The quantitative estimate of drug-likeness (QED) is 0.585. The van der Waals surface area contributed by atoms with Gasteiger partial charge in [0.2, 0.25) is 0 Å².